The van der Waals surface area contributed by atoms with Crippen LogP contribution in [0.5, 0.6) is 0 Å². The summed E-state index contributed by atoms with van der Waals surface area (Å²) in [6.45, 7) is 5.32. The number of imide groups is 1. The molecular formula is C21H21ClN4O3S. The molecule has 0 bridgehead atoms. The first-order chi connectivity index (χ1) is 14.3. The fourth-order valence-corrected chi connectivity index (χ4v) is 4.56. The summed E-state index contributed by atoms with van der Waals surface area (Å²) in [6.07, 6.45) is 3.39. The lowest BCUT2D eigenvalue weighted by Crippen LogP contribution is -2.47. The average Bonchev–Trinajstić information content (AvgIpc) is 3.44. The van der Waals surface area contributed by atoms with Gasteiger partial charge in [-0.2, -0.15) is 0 Å². The Bertz CT molecular complexity index is 1020. The SMILES string of the molecule is C=CCN(C(=O)CN1C(=O)NC(C)(C2CC2)C1=O)c1nc(-c2ccc(Cl)cc2)cs1. The fraction of sp³-hybridized carbons (Fsp3) is 0.333. The standard InChI is InChI=1S/C21H21ClN4O3S/c1-3-10-25(20-23-16(12-30-20)13-4-8-15(22)9-5-13)17(27)11-26-18(28)21(2,14-6-7-14)24-19(26)29/h3-5,8-9,12,14H,1,6-7,10-11H2,2H3,(H,24,29). The van der Waals surface area contributed by atoms with Crippen LogP contribution in [0.1, 0.15) is 19.8 Å². The van der Waals surface area contributed by atoms with E-state index in [2.05, 4.69) is 16.9 Å². The number of hydrogen-bond donors (Lipinski definition) is 1. The molecule has 1 N–H and O–H groups in total. The van der Waals surface area contributed by atoms with Crippen LogP contribution in [0, 0.1) is 5.92 Å². The van der Waals surface area contributed by atoms with E-state index in [-0.39, 0.29) is 24.9 Å². The molecule has 4 amide bonds. The predicted molar refractivity (Wildman–Crippen MR) is 116 cm³/mol. The molecule has 2 aliphatic rings. The van der Waals surface area contributed by atoms with Gasteiger partial charge in [0, 0.05) is 22.5 Å². The van der Waals surface area contributed by atoms with Crippen molar-refractivity contribution in [3.8, 4) is 11.3 Å². The lowest BCUT2D eigenvalue weighted by atomic mass is 9.96. The number of thiazole rings is 1. The number of urea groups is 1. The van der Waals surface area contributed by atoms with E-state index in [1.54, 1.807) is 25.1 Å². The Labute approximate surface area is 183 Å². The van der Waals surface area contributed by atoms with Gasteiger partial charge in [0.2, 0.25) is 5.91 Å². The second-order valence-electron chi connectivity index (χ2n) is 7.61. The third-order valence-electron chi connectivity index (χ3n) is 5.46. The normalized spacial score (nSPS) is 20.9. The van der Waals surface area contributed by atoms with E-state index in [1.807, 2.05) is 17.5 Å². The van der Waals surface area contributed by atoms with E-state index < -0.39 is 17.5 Å². The molecule has 1 aliphatic carbocycles. The van der Waals surface area contributed by atoms with E-state index >= 15 is 0 Å². The molecule has 0 radical (unpaired) electrons. The van der Waals surface area contributed by atoms with Gasteiger partial charge in [-0.15, -0.1) is 17.9 Å². The highest BCUT2D eigenvalue weighted by atomic mass is 35.5. The van der Waals surface area contributed by atoms with Gasteiger partial charge < -0.3 is 5.32 Å². The molecule has 2 fully saturated rings. The minimum atomic E-state index is -0.913. The molecule has 1 aromatic heterocycles. The molecule has 156 valence electrons. The molecule has 1 aliphatic heterocycles. The molecule has 2 aromatic rings. The van der Waals surface area contributed by atoms with Crippen molar-refractivity contribution in [2.24, 2.45) is 5.92 Å². The zero-order valence-electron chi connectivity index (χ0n) is 16.4. The molecule has 1 saturated heterocycles. The molecule has 9 heteroatoms. The van der Waals surface area contributed by atoms with Crippen LogP contribution in [0.3, 0.4) is 0 Å². The topological polar surface area (TPSA) is 82.6 Å². The monoisotopic (exact) mass is 444 g/mol. The Morgan fingerprint density at radius 2 is 2.10 bits per heavy atom. The second kappa shape index (κ2) is 7.85. The van der Waals surface area contributed by atoms with E-state index in [1.165, 1.54) is 16.2 Å². The first-order valence-corrected chi connectivity index (χ1v) is 10.9. The van der Waals surface area contributed by atoms with Crippen molar-refractivity contribution in [3.05, 3.63) is 47.3 Å². The molecule has 1 unspecified atom stereocenters. The molecule has 0 spiro atoms. The summed E-state index contributed by atoms with van der Waals surface area (Å²) < 4.78 is 0. The number of anilines is 1. The van der Waals surface area contributed by atoms with Crippen molar-refractivity contribution in [2.75, 3.05) is 18.0 Å². The summed E-state index contributed by atoms with van der Waals surface area (Å²) >= 11 is 7.25. The number of aromatic nitrogens is 1. The van der Waals surface area contributed by atoms with Crippen LogP contribution in [0.2, 0.25) is 5.02 Å². The van der Waals surface area contributed by atoms with Gasteiger partial charge in [-0.3, -0.25) is 19.4 Å². The van der Waals surface area contributed by atoms with E-state index in [4.69, 9.17) is 11.6 Å². The van der Waals surface area contributed by atoms with E-state index in [0.717, 1.165) is 23.3 Å². The zero-order valence-corrected chi connectivity index (χ0v) is 18.0. The second-order valence-corrected chi connectivity index (χ2v) is 8.89. The number of nitrogens with one attached hydrogen (secondary N) is 1. The van der Waals surface area contributed by atoms with Crippen molar-refractivity contribution in [1.29, 1.82) is 0 Å². The Morgan fingerprint density at radius 3 is 2.73 bits per heavy atom. The number of nitrogens with zero attached hydrogens (tertiary/aromatic N) is 3. The van der Waals surface area contributed by atoms with Crippen molar-refractivity contribution < 1.29 is 14.4 Å². The van der Waals surface area contributed by atoms with E-state index in [9.17, 15) is 14.4 Å². The molecular weight excluding hydrogens is 424 g/mol. The molecule has 1 atom stereocenters. The van der Waals surface area contributed by atoms with Gasteiger partial charge in [0.05, 0.1) is 5.69 Å². The van der Waals surface area contributed by atoms with Gasteiger partial charge in [0.25, 0.3) is 5.91 Å². The van der Waals surface area contributed by atoms with Crippen LogP contribution >= 0.6 is 22.9 Å². The maximum absolute atomic E-state index is 13.0. The summed E-state index contributed by atoms with van der Waals surface area (Å²) in [6, 6.07) is 6.73. The highest BCUT2D eigenvalue weighted by molar-refractivity contribution is 7.14. The zero-order chi connectivity index (χ0) is 21.5. The minimum absolute atomic E-state index is 0.138. The number of benzene rings is 1. The van der Waals surface area contributed by atoms with Crippen molar-refractivity contribution in [1.82, 2.24) is 15.2 Å². The van der Waals surface area contributed by atoms with Crippen LogP contribution in [-0.4, -0.2) is 46.4 Å². The summed E-state index contributed by atoms with van der Waals surface area (Å²) in [7, 11) is 0. The number of halogens is 1. The maximum atomic E-state index is 13.0. The van der Waals surface area contributed by atoms with Gasteiger partial charge in [-0.1, -0.05) is 29.8 Å². The Morgan fingerprint density at radius 1 is 1.40 bits per heavy atom. The highest BCUT2D eigenvalue weighted by Gasteiger charge is 2.56. The molecule has 1 aromatic carbocycles. The summed E-state index contributed by atoms with van der Waals surface area (Å²) in [5.74, 6) is -0.599. The first-order valence-electron chi connectivity index (χ1n) is 9.60. The van der Waals surface area contributed by atoms with Gasteiger partial charge >= 0.3 is 6.03 Å². The number of hydrogen-bond acceptors (Lipinski definition) is 5. The lowest BCUT2D eigenvalue weighted by Gasteiger charge is -2.23. The van der Waals surface area contributed by atoms with Gasteiger partial charge in [0.15, 0.2) is 5.13 Å². The molecule has 4 rings (SSSR count). The van der Waals surface area contributed by atoms with Crippen LogP contribution in [0.25, 0.3) is 11.3 Å². The van der Waals surface area contributed by atoms with Gasteiger partial charge in [-0.25, -0.2) is 9.78 Å². The largest absolute Gasteiger partial charge is 0.325 e. The molecule has 7 nitrogen and oxygen atoms in total. The quantitative estimate of drug-likeness (QED) is 0.521. The smallest absolute Gasteiger partial charge is 0.323 e. The summed E-state index contributed by atoms with van der Waals surface area (Å²) in [5, 5.41) is 5.71. The van der Waals surface area contributed by atoms with Crippen molar-refractivity contribution in [3.63, 3.8) is 0 Å². The Balaban J connectivity index is 1.52. The van der Waals surface area contributed by atoms with Crippen LogP contribution in [0.15, 0.2) is 42.3 Å². The maximum Gasteiger partial charge on any atom is 0.325 e. The lowest BCUT2D eigenvalue weighted by molar-refractivity contribution is -0.134. The van der Waals surface area contributed by atoms with Crippen LogP contribution < -0.4 is 10.2 Å². The van der Waals surface area contributed by atoms with Crippen molar-refractivity contribution >= 4 is 45.9 Å². The fourth-order valence-electron chi connectivity index (χ4n) is 3.57. The molecule has 2 heterocycles. The average molecular weight is 445 g/mol. The van der Waals surface area contributed by atoms with Crippen LogP contribution in [-0.2, 0) is 9.59 Å². The van der Waals surface area contributed by atoms with Gasteiger partial charge in [-0.05, 0) is 37.8 Å². The highest BCUT2D eigenvalue weighted by Crippen LogP contribution is 2.42. The molecule has 1 saturated carbocycles. The summed E-state index contributed by atoms with van der Waals surface area (Å²) in [4.78, 5) is 45.2. The first kappa shape index (κ1) is 20.6. The minimum Gasteiger partial charge on any atom is -0.323 e. The number of carbonyl (C=O) groups excluding carboxylic acids is 3. The Hall–Kier alpha value is -2.71. The third-order valence-corrected chi connectivity index (χ3v) is 6.58. The predicted octanol–water partition coefficient (Wildman–Crippen LogP) is 3.70. The number of rotatable bonds is 7. The number of amides is 4. The number of carbonyl (C=O) groups is 3. The third kappa shape index (κ3) is 3.73. The summed E-state index contributed by atoms with van der Waals surface area (Å²) in [5.41, 5.74) is 0.677. The Kier molecular flexibility index (Phi) is 5.38. The van der Waals surface area contributed by atoms with E-state index in [0.29, 0.717) is 15.8 Å². The van der Waals surface area contributed by atoms with Crippen molar-refractivity contribution in [2.45, 2.75) is 25.3 Å². The molecule has 30 heavy (non-hydrogen) atoms. The van der Waals surface area contributed by atoms with Gasteiger partial charge in [0.1, 0.15) is 12.1 Å². The van der Waals surface area contributed by atoms with Crippen LogP contribution in [0.4, 0.5) is 9.93 Å².